The van der Waals surface area contributed by atoms with Gasteiger partial charge in [-0.2, -0.15) is 0 Å². The number of methoxy groups -OCH3 is 1. The lowest BCUT2D eigenvalue weighted by Crippen LogP contribution is -2.30. The first-order valence-electron chi connectivity index (χ1n) is 5.58. The number of benzene rings is 1. The summed E-state index contributed by atoms with van der Waals surface area (Å²) in [5, 5.41) is 7.38. The molecule has 0 amide bonds. The summed E-state index contributed by atoms with van der Waals surface area (Å²) < 4.78 is 42.0. The fourth-order valence-corrected chi connectivity index (χ4v) is 3.38. The van der Waals surface area contributed by atoms with Gasteiger partial charge in [-0.15, -0.1) is 0 Å². The zero-order chi connectivity index (χ0) is 14.6. The third kappa shape index (κ3) is 3.66. The minimum Gasteiger partial charge on any atom is -0.494 e. The summed E-state index contributed by atoms with van der Waals surface area (Å²) in [4.78, 5) is 10.9. The van der Waals surface area contributed by atoms with E-state index >= 15 is 0 Å². The maximum atomic E-state index is 13.4. The molecule has 19 heavy (non-hydrogen) atoms. The molecule has 0 fully saturated rings. The van der Waals surface area contributed by atoms with Crippen LogP contribution in [0.5, 0.6) is 5.75 Å². The quantitative estimate of drug-likeness (QED) is 0.861. The second-order valence-corrected chi connectivity index (χ2v) is 6.19. The number of ether oxygens (including phenoxy) is 1. The molecule has 0 bridgehead atoms. The van der Waals surface area contributed by atoms with Gasteiger partial charge in [-0.25, -0.2) is 12.8 Å². The predicted molar refractivity (Wildman–Crippen MR) is 67.3 cm³/mol. The molecule has 0 aliphatic heterocycles. The van der Waals surface area contributed by atoms with E-state index in [9.17, 15) is 17.6 Å². The van der Waals surface area contributed by atoms with Gasteiger partial charge in [0, 0.05) is 0 Å². The summed E-state index contributed by atoms with van der Waals surface area (Å²) >= 11 is 0. The number of carboxylic acids is 1. The third-order valence-electron chi connectivity index (χ3n) is 2.66. The van der Waals surface area contributed by atoms with Crippen molar-refractivity contribution in [3.8, 4) is 5.75 Å². The highest BCUT2D eigenvalue weighted by molar-refractivity contribution is 7.92. The summed E-state index contributed by atoms with van der Waals surface area (Å²) in [7, 11) is -2.57. The molecule has 0 spiro atoms. The topological polar surface area (TPSA) is 80.7 Å². The Morgan fingerprint density at radius 1 is 1.47 bits per heavy atom. The predicted octanol–water partition coefficient (Wildman–Crippen LogP) is 1.61. The summed E-state index contributed by atoms with van der Waals surface area (Å²) in [6.07, 6.45) is -0.0314. The van der Waals surface area contributed by atoms with Crippen molar-refractivity contribution in [2.45, 2.75) is 24.3 Å². The Hall–Kier alpha value is -1.63. The van der Waals surface area contributed by atoms with Crippen LogP contribution < -0.4 is 4.74 Å². The zero-order valence-corrected chi connectivity index (χ0v) is 11.4. The molecule has 0 aliphatic carbocycles. The van der Waals surface area contributed by atoms with Crippen LogP contribution in [0.2, 0.25) is 0 Å². The van der Waals surface area contributed by atoms with Crippen LogP contribution in [0.25, 0.3) is 0 Å². The first-order chi connectivity index (χ1) is 8.81. The number of sulfone groups is 1. The molecule has 1 N–H and O–H groups in total. The lowest BCUT2D eigenvalue weighted by molar-refractivity contribution is -0.136. The van der Waals surface area contributed by atoms with Crippen molar-refractivity contribution in [2.24, 2.45) is 0 Å². The number of hydrogen-bond donors (Lipinski definition) is 1. The number of halogens is 1. The van der Waals surface area contributed by atoms with Crippen molar-refractivity contribution < 1.29 is 27.4 Å². The van der Waals surface area contributed by atoms with E-state index in [4.69, 9.17) is 9.84 Å². The molecule has 0 heterocycles. The van der Waals surface area contributed by atoms with E-state index in [0.29, 0.717) is 0 Å². The van der Waals surface area contributed by atoms with Crippen molar-refractivity contribution >= 4 is 15.8 Å². The van der Waals surface area contributed by atoms with Crippen molar-refractivity contribution in [3.05, 3.63) is 29.6 Å². The van der Waals surface area contributed by atoms with E-state index < -0.39 is 32.6 Å². The molecule has 5 nitrogen and oxygen atoms in total. The molecule has 0 radical (unpaired) electrons. The molecule has 1 rings (SSSR count). The molecular formula is C12H15FO5S. The largest absolute Gasteiger partial charge is 0.494 e. The molecule has 0 aromatic heterocycles. The molecule has 0 saturated carbocycles. The van der Waals surface area contributed by atoms with Gasteiger partial charge in [-0.1, -0.05) is 13.0 Å². The van der Waals surface area contributed by atoms with E-state index in [2.05, 4.69) is 0 Å². The van der Waals surface area contributed by atoms with Crippen molar-refractivity contribution in [2.75, 3.05) is 7.11 Å². The first kappa shape index (κ1) is 15.4. The Bertz CT molecular complexity index is 567. The van der Waals surface area contributed by atoms with Gasteiger partial charge in [0.1, 0.15) is 0 Å². The summed E-state index contributed by atoms with van der Waals surface area (Å²) in [5.41, 5.74) is 0.193. The van der Waals surface area contributed by atoms with Crippen LogP contribution in [-0.4, -0.2) is 31.9 Å². The molecular weight excluding hydrogens is 275 g/mol. The zero-order valence-electron chi connectivity index (χ0n) is 10.6. The fraction of sp³-hybridized carbons (Fsp3) is 0.417. The van der Waals surface area contributed by atoms with Crippen LogP contribution in [0, 0.1) is 5.82 Å². The second-order valence-electron chi connectivity index (χ2n) is 4.01. The molecule has 1 atom stereocenters. The van der Waals surface area contributed by atoms with Gasteiger partial charge in [0.2, 0.25) is 0 Å². The molecule has 0 saturated heterocycles. The van der Waals surface area contributed by atoms with E-state index in [1.165, 1.54) is 26.2 Å². The van der Waals surface area contributed by atoms with Crippen LogP contribution >= 0.6 is 0 Å². The fourth-order valence-electron chi connectivity index (χ4n) is 1.71. The van der Waals surface area contributed by atoms with Crippen molar-refractivity contribution in [1.29, 1.82) is 0 Å². The lowest BCUT2D eigenvalue weighted by Gasteiger charge is -2.12. The Morgan fingerprint density at radius 3 is 2.53 bits per heavy atom. The average molecular weight is 290 g/mol. The van der Waals surface area contributed by atoms with Crippen LogP contribution in [0.3, 0.4) is 0 Å². The number of carboxylic acid groups (broad SMARTS) is 1. The van der Waals surface area contributed by atoms with E-state index in [1.807, 2.05) is 0 Å². The Morgan fingerprint density at radius 2 is 2.11 bits per heavy atom. The van der Waals surface area contributed by atoms with Gasteiger partial charge >= 0.3 is 5.97 Å². The molecule has 7 heteroatoms. The molecule has 1 aromatic carbocycles. The SMILES string of the molecule is CCC(C(=O)O)S(=O)(=O)Cc1ccc(OC)c(F)c1. The van der Waals surface area contributed by atoms with E-state index in [-0.39, 0.29) is 17.7 Å². The van der Waals surface area contributed by atoms with Gasteiger partial charge in [-0.05, 0) is 24.1 Å². The van der Waals surface area contributed by atoms with Crippen molar-refractivity contribution in [3.63, 3.8) is 0 Å². The van der Waals surface area contributed by atoms with Crippen LogP contribution in [-0.2, 0) is 20.4 Å². The third-order valence-corrected chi connectivity index (χ3v) is 4.80. The molecule has 106 valence electrons. The average Bonchev–Trinajstić information content (AvgIpc) is 2.28. The molecule has 0 aliphatic rings. The Kier molecular flexibility index (Phi) is 4.88. The van der Waals surface area contributed by atoms with E-state index in [0.717, 1.165) is 6.07 Å². The number of rotatable bonds is 6. The highest BCUT2D eigenvalue weighted by Crippen LogP contribution is 2.21. The van der Waals surface area contributed by atoms with Crippen molar-refractivity contribution in [1.82, 2.24) is 0 Å². The van der Waals surface area contributed by atoms with E-state index in [1.54, 1.807) is 0 Å². The summed E-state index contributed by atoms with van der Waals surface area (Å²) in [6, 6.07) is 3.74. The monoisotopic (exact) mass is 290 g/mol. The number of aliphatic carboxylic acids is 1. The van der Waals surface area contributed by atoms with Gasteiger partial charge < -0.3 is 9.84 Å². The maximum absolute atomic E-state index is 13.4. The first-order valence-corrected chi connectivity index (χ1v) is 7.30. The summed E-state index contributed by atoms with van der Waals surface area (Å²) in [6.45, 7) is 1.48. The highest BCUT2D eigenvalue weighted by atomic mass is 32.2. The van der Waals surface area contributed by atoms with Crippen LogP contribution in [0.1, 0.15) is 18.9 Å². The normalized spacial score (nSPS) is 13.0. The minimum atomic E-state index is -3.87. The highest BCUT2D eigenvalue weighted by Gasteiger charge is 2.30. The maximum Gasteiger partial charge on any atom is 0.321 e. The number of carbonyl (C=O) groups is 1. The van der Waals surface area contributed by atoms with Gasteiger partial charge in [0.15, 0.2) is 26.7 Å². The standard InChI is InChI=1S/C12H15FO5S/c1-3-11(12(14)15)19(16,17)7-8-4-5-10(18-2)9(13)6-8/h4-6,11H,3,7H2,1-2H3,(H,14,15). The van der Waals surface area contributed by atoms with Crippen LogP contribution in [0.4, 0.5) is 4.39 Å². The molecule has 1 unspecified atom stereocenters. The number of hydrogen-bond acceptors (Lipinski definition) is 4. The minimum absolute atomic E-state index is 0.00595. The molecule has 1 aromatic rings. The van der Waals surface area contributed by atoms with Gasteiger partial charge in [0.25, 0.3) is 0 Å². The van der Waals surface area contributed by atoms with Crippen LogP contribution in [0.15, 0.2) is 18.2 Å². The summed E-state index contributed by atoms with van der Waals surface area (Å²) in [5.74, 6) is -2.58. The Labute approximate surface area is 110 Å². The smallest absolute Gasteiger partial charge is 0.321 e. The van der Waals surface area contributed by atoms with Gasteiger partial charge in [0.05, 0.1) is 12.9 Å². The second kappa shape index (κ2) is 6.01. The van der Waals surface area contributed by atoms with Gasteiger partial charge in [-0.3, -0.25) is 4.79 Å². The Balaban J connectivity index is 3.01. The lowest BCUT2D eigenvalue weighted by atomic mass is 10.2.